The number of nitrogens with one attached hydrogen (secondary N) is 1. The average Bonchev–Trinajstić information content (AvgIpc) is 2.36. The van der Waals surface area contributed by atoms with E-state index in [9.17, 15) is 0 Å². The van der Waals surface area contributed by atoms with Crippen LogP contribution in [0.4, 0.5) is 5.69 Å². The third-order valence-electron chi connectivity index (χ3n) is 2.28. The van der Waals surface area contributed by atoms with Gasteiger partial charge in [-0.25, -0.2) is 4.99 Å². The lowest BCUT2D eigenvalue weighted by atomic mass is 10.0. The molecule has 0 aliphatic carbocycles. The topological polar surface area (TPSA) is 68.4 Å². The fourth-order valence-electron chi connectivity index (χ4n) is 1.59. The molecule has 0 spiro atoms. The number of aliphatic imine (C=N–C) groups is 1. The maximum absolute atomic E-state index is 8.96. The largest absolute Gasteiger partial charge is 0.290 e. The molecule has 0 heterocycles. The van der Waals surface area contributed by atoms with Crippen molar-refractivity contribution in [2.24, 2.45) is 4.99 Å². The fourth-order valence-corrected chi connectivity index (χ4v) is 1.59. The molecule has 4 nitrogen and oxygen atoms in total. The molecule has 0 saturated carbocycles. The van der Waals surface area contributed by atoms with E-state index in [1.807, 2.05) is 29.7 Å². The first-order chi connectivity index (χ1) is 7.86. The minimum absolute atomic E-state index is 0.617. The highest BCUT2D eigenvalue weighted by Gasteiger charge is 2.03. The van der Waals surface area contributed by atoms with Gasteiger partial charge in [-0.1, -0.05) is 24.3 Å². The first-order valence-electron chi connectivity index (χ1n) is 4.71. The summed E-state index contributed by atoms with van der Waals surface area (Å²) in [5.74, 6) is 0. The van der Waals surface area contributed by atoms with Gasteiger partial charge in [0.05, 0.1) is 17.3 Å². The summed E-state index contributed by atoms with van der Waals surface area (Å²) in [5, 5.41) is 19.2. The first kappa shape index (κ1) is 10.1. The third-order valence-corrected chi connectivity index (χ3v) is 2.28. The van der Waals surface area contributed by atoms with Crippen molar-refractivity contribution in [3.8, 4) is 6.07 Å². The monoisotopic (exact) mass is 211 g/mol. The molecule has 16 heavy (non-hydrogen) atoms. The Balaban J connectivity index is 2.71. The number of hydroxylamine groups is 1. The van der Waals surface area contributed by atoms with Gasteiger partial charge in [0.2, 0.25) is 0 Å². The minimum atomic E-state index is 0.617. The van der Waals surface area contributed by atoms with Crippen molar-refractivity contribution in [1.82, 2.24) is 5.48 Å². The summed E-state index contributed by atoms with van der Waals surface area (Å²) in [6.45, 7) is 0. The number of benzene rings is 2. The number of fused-ring (bicyclic) bond motifs is 1. The lowest BCUT2D eigenvalue weighted by Gasteiger charge is -2.03. The van der Waals surface area contributed by atoms with E-state index in [1.165, 1.54) is 6.34 Å². The predicted molar refractivity (Wildman–Crippen MR) is 61.7 cm³/mol. The van der Waals surface area contributed by atoms with Gasteiger partial charge in [-0.3, -0.25) is 10.7 Å². The van der Waals surface area contributed by atoms with Gasteiger partial charge >= 0.3 is 0 Å². The van der Waals surface area contributed by atoms with E-state index < -0.39 is 0 Å². The zero-order chi connectivity index (χ0) is 11.4. The molecular weight excluding hydrogens is 202 g/mol. The number of nitrogens with zero attached hydrogens (tertiary/aromatic N) is 2. The zero-order valence-corrected chi connectivity index (χ0v) is 8.38. The van der Waals surface area contributed by atoms with Gasteiger partial charge in [0, 0.05) is 10.8 Å². The molecule has 0 saturated heterocycles. The van der Waals surface area contributed by atoms with Crippen LogP contribution < -0.4 is 5.48 Å². The predicted octanol–water partition coefficient (Wildman–Crippen LogP) is 2.35. The van der Waals surface area contributed by atoms with Crippen LogP contribution in [0.5, 0.6) is 0 Å². The molecule has 78 valence electrons. The van der Waals surface area contributed by atoms with Crippen LogP contribution in [0.2, 0.25) is 0 Å². The van der Waals surface area contributed by atoms with E-state index in [2.05, 4.69) is 11.1 Å². The Labute approximate surface area is 92.4 Å². The van der Waals surface area contributed by atoms with Crippen LogP contribution in [0.15, 0.2) is 41.4 Å². The Morgan fingerprint density at radius 2 is 1.94 bits per heavy atom. The van der Waals surface area contributed by atoms with E-state index in [0.717, 1.165) is 10.8 Å². The number of rotatable bonds is 2. The van der Waals surface area contributed by atoms with Crippen LogP contribution in [-0.2, 0) is 0 Å². The first-order valence-corrected chi connectivity index (χ1v) is 4.71. The van der Waals surface area contributed by atoms with Gasteiger partial charge in [0.15, 0.2) is 0 Å². The van der Waals surface area contributed by atoms with Gasteiger partial charge < -0.3 is 0 Å². The van der Waals surface area contributed by atoms with Crippen molar-refractivity contribution in [1.29, 1.82) is 5.26 Å². The fraction of sp³-hybridized carbons (Fsp3) is 0. The quantitative estimate of drug-likeness (QED) is 0.455. The Kier molecular flexibility index (Phi) is 2.81. The second-order valence-corrected chi connectivity index (χ2v) is 3.18. The van der Waals surface area contributed by atoms with E-state index in [-0.39, 0.29) is 0 Å². The van der Waals surface area contributed by atoms with Gasteiger partial charge in [-0.05, 0) is 12.1 Å². The van der Waals surface area contributed by atoms with E-state index >= 15 is 0 Å². The van der Waals surface area contributed by atoms with Crippen LogP contribution in [0.1, 0.15) is 5.56 Å². The molecule has 0 amide bonds. The highest BCUT2D eigenvalue weighted by molar-refractivity contribution is 5.97. The van der Waals surface area contributed by atoms with Crippen molar-refractivity contribution >= 4 is 22.8 Å². The van der Waals surface area contributed by atoms with Crippen molar-refractivity contribution in [2.45, 2.75) is 0 Å². The van der Waals surface area contributed by atoms with Crippen LogP contribution in [0.25, 0.3) is 10.8 Å². The van der Waals surface area contributed by atoms with E-state index in [4.69, 9.17) is 10.5 Å². The number of nitriles is 1. The molecule has 0 aliphatic rings. The molecular formula is C12H9N3O. The highest BCUT2D eigenvalue weighted by atomic mass is 16.5. The van der Waals surface area contributed by atoms with Crippen LogP contribution in [-0.4, -0.2) is 11.5 Å². The summed E-state index contributed by atoms with van der Waals surface area (Å²) in [4.78, 5) is 4.03. The Bertz CT molecular complexity index is 584. The lowest BCUT2D eigenvalue weighted by molar-refractivity contribution is 0.240. The SMILES string of the molecule is N#Cc1ccc(N=CNO)c2ccccc12. The molecule has 2 aromatic carbocycles. The summed E-state index contributed by atoms with van der Waals surface area (Å²) in [5.41, 5.74) is 3.17. The molecule has 0 unspecified atom stereocenters. The molecule has 0 radical (unpaired) electrons. The molecule has 0 aromatic heterocycles. The lowest BCUT2D eigenvalue weighted by Crippen LogP contribution is -2.00. The van der Waals surface area contributed by atoms with Gasteiger partial charge in [-0.15, -0.1) is 0 Å². The number of hydrogen-bond acceptors (Lipinski definition) is 3. The molecule has 0 bridgehead atoms. The third kappa shape index (κ3) is 1.72. The maximum atomic E-state index is 8.96. The van der Waals surface area contributed by atoms with Crippen molar-refractivity contribution in [3.63, 3.8) is 0 Å². The van der Waals surface area contributed by atoms with Gasteiger partial charge in [0.1, 0.15) is 6.34 Å². The number of hydrogen-bond donors (Lipinski definition) is 2. The summed E-state index contributed by atoms with van der Waals surface area (Å²) in [6.07, 6.45) is 1.19. The summed E-state index contributed by atoms with van der Waals surface area (Å²) in [6, 6.07) is 13.1. The average molecular weight is 211 g/mol. The van der Waals surface area contributed by atoms with Crippen LogP contribution in [0.3, 0.4) is 0 Å². The molecule has 0 aliphatic heterocycles. The van der Waals surface area contributed by atoms with E-state index in [0.29, 0.717) is 11.3 Å². The maximum Gasteiger partial charge on any atom is 0.113 e. The van der Waals surface area contributed by atoms with Crippen LogP contribution >= 0.6 is 0 Å². The second-order valence-electron chi connectivity index (χ2n) is 3.18. The Hall–Kier alpha value is -2.38. The van der Waals surface area contributed by atoms with Crippen molar-refractivity contribution in [3.05, 3.63) is 42.0 Å². The second kappa shape index (κ2) is 4.43. The smallest absolute Gasteiger partial charge is 0.113 e. The molecule has 4 heteroatoms. The normalized spacial score (nSPS) is 10.5. The summed E-state index contributed by atoms with van der Waals surface area (Å²) >= 11 is 0. The molecule has 0 fully saturated rings. The summed E-state index contributed by atoms with van der Waals surface area (Å²) in [7, 11) is 0. The Morgan fingerprint density at radius 1 is 1.19 bits per heavy atom. The summed E-state index contributed by atoms with van der Waals surface area (Å²) < 4.78 is 0. The Morgan fingerprint density at radius 3 is 2.62 bits per heavy atom. The minimum Gasteiger partial charge on any atom is -0.290 e. The standard InChI is InChI=1S/C12H9N3O/c13-7-9-5-6-12(14-8-15-16)11-4-2-1-3-10(9)11/h1-6,8,16H,(H,14,15). The van der Waals surface area contributed by atoms with Crippen molar-refractivity contribution in [2.75, 3.05) is 0 Å². The molecule has 2 rings (SSSR count). The van der Waals surface area contributed by atoms with E-state index in [1.54, 1.807) is 12.1 Å². The van der Waals surface area contributed by atoms with Crippen LogP contribution in [0, 0.1) is 11.3 Å². The van der Waals surface area contributed by atoms with Gasteiger partial charge in [0.25, 0.3) is 0 Å². The van der Waals surface area contributed by atoms with Crippen molar-refractivity contribution < 1.29 is 5.21 Å². The molecule has 0 atom stereocenters. The zero-order valence-electron chi connectivity index (χ0n) is 8.38. The molecule has 2 N–H and O–H groups in total. The van der Waals surface area contributed by atoms with Gasteiger partial charge in [-0.2, -0.15) is 5.26 Å². The highest BCUT2D eigenvalue weighted by Crippen LogP contribution is 2.27. The molecule has 2 aromatic rings.